The quantitative estimate of drug-likeness (QED) is 0.672. The Morgan fingerprint density at radius 1 is 1.50 bits per heavy atom. The normalized spacial score (nSPS) is 10.5. The molecule has 0 spiro atoms. The first-order chi connectivity index (χ1) is 9.45. The second-order valence-corrected chi connectivity index (χ2v) is 4.18. The summed E-state index contributed by atoms with van der Waals surface area (Å²) in [5, 5.41) is 27.2. The van der Waals surface area contributed by atoms with E-state index >= 15 is 0 Å². The molecule has 0 bridgehead atoms. The predicted octanol–water partition coefficient (Wildman–Crippen LogP) is 1.74. The lowest BCUT2D eigenvalue weighted by molar-refractivity contribution is -0.384. The monoisotopic (exact) mass is 276 g/mol. The minimum Gasteiger partial charge on any atom is -0.476 e. The maximum absolute atomic E-state index is 11.0. The van der Waals surface area contributed by atoms with Gasteiger partial charge in [-0.25, -0.2) is 9.48 Å². The number of aromatic nitrogens is 3. The molecule has 8 nitrogen and oxygen atoms in total. The number of carbonyl (C=O) groups is 1. The largest absolute Gasteiger partial charge is 0.476 e. The molecule has 2 aromatic rings. The average molecular weight is 276 g/mol. The molecule has 0 radical (unpaired) electrons. The molecule has 0 aliphatic carbocycles. The molecule has 0 unspecified atom stereocenters. The second-order valence-electron chi connectivity index (χ2n) is 4.18. The van der Waals surface area contributed by atoms with E-state index in [0.717, 1.165) is 0 Å². The van der Waals surface area contributed by atoms with Crippen molar-refractivity contribution in [1.29, 1.82) is 0 Å². The summed E-state index contributed by atoms with van der Waals surface area (Å²) in [6.07, 6.45) is 0.436. The molecule has 1 heterocycles. The number of carboxylic acid groups (broad SMARTS) is 1. The highest BCUT2D eigenvalue weighted by Crippen LogP contribution is 2.22. The third-order valence-electron chi connectivity index (χ3n) is 2.92. The van der Waals surface area contributed by atoms with Gasteiger partial charge in [-0.05, 0) is 25.0 Å². The molecule has 0 aliphatic heterocycles. The van der Waals surface area contributed by atoms with Gasteiger partial charge in [0, 0.05) is 12.1 Å². The summed E-state index contributed by atoms with van der Waals surface area (Å²) in [4.78, 5) is 21.3. The molecule has 0 saturated carbocycles. The van der Waals surface area contributed by atoms with Crippen LogP contribution in [-0.2, 0) is 6.42 Å². The number of non-ortho nitro benzene ring substituents is 1. The molecular weight excluding hydrogens is 264 g/mol. The molecule has 20 heavy (non-hydrogen) atoms. The minimum absolute atomic E-state index is 0.0251. The van der Waals surface area contributed by atoms with Crippen LogP contribution in [0.15, 0.2) is 18.2 Å². The minimum atomic E-state index is -1.15. The fraction of sp³-hybridized carbons (Fsp3) is 0.250. The van der Waals surface area contributed by atoms with E-state index in [9.17, 15) is 14.9 Å². The van der Waals surface area contributed by atoms with Crippen LogP contribution in [0.3, 0.4) is 0 Å². The van der Waals surface area contributed by atoms with E-state index < -0.39 is 10.9 Å². The van der Waals surface area contributed by atoms with Crippen molar-refractivity contribution < 1.29 is 14.8 Å². The second kappa shape index (κ2) is 5.08. The molecule has 2 rings (SSSR count). The van der Waals surface area contributed by atoms with Crippen LogP contribution in [0.5, 0.6) is 0 Å². The molecule has 1 aromatic heterocycles. The standard InChI is InChI=1S/C12H12N4O4/c1-3-9-11(12(17)18)13-14-15(9)10-5-4-8(16(19)20)6-7(10)2/h4-6H,3H2,1-2H3,(H,17,18). The molecule has 1 N–H and O–H groups in total. The molecule has 0 fully saturated rings. The summed E-state index contributed by atoms with van der Waals surface area (Å²) in [6.45, 7) is 3.49. The third kappa shape index (κ3) is 2.22. The van der Waals surface area contributed by atoms with Crippen LogP contribution < -0.4 is 0 Å². The third-order valence-corrected chi connectivity index (χ3v) is 2.92. The van der Waals surface area contributed by atoms with E-state index in [0.29, 0.717) is 23.4 Å². The number of benzene rings is 1. The van der Waals surface area contributed by atoms with Gasteiger partial charge in [0.25, 0.3) is 5.69 Å². The lowest BCUT2D eigenvalue weighted by Crippen LogP contribution is -2.07. The van der Waals surface area contributed by atoms with Gasteiger partial charge in [-0.15, -0.1) is 5.10 Å². The number of aromatic carboxylic acids is 1. The van der Waals surface area contributed by atoms with Crippen LogP contribution in [0.25, 0.3) is 5.69 Å². The first-order valence-electron chi connectivity index (χ1n) is 5.89. The molecule has 0 aliphatic rings. The van der Waals surface area contributed by atoms with E-state index in [4.69, 9.17) is 5.11 Å². The van der Waals surface area contributed by atoms with Crippen LogP contribution >= 0.6 is 0 Å². The Morgan fingerprint density at radius 3 is 2.70 bits per heavy atom. The average Bonchev–Trinajstić information content (AvgIpc) is 2.82. The van der Waals surface area contributed by atoms with E-state index in [1.807, 2.05) is 0 Å². The van der Waals surface area contributed by atoms with Gasteiger partial charge in [0.15, 0.2) is 5.69 Å². The first-order valence-corrected chi connectivity index (χ1v) is 5.89. The van der Waals surface area contributed by atoms with Crippen molar-refractivity contribution >= 4 is 11.7 Å². The van der Waals surface area contributed by atoms with E-state index in [1.54, 1.807) is 13.8 Å². The first kappa shape index (κ1) is 13.7. The Bertz CT molecular complexity index is 693. The van der Waals surface area contributed by atoms with Gasteiger partial charge in [-0.3, -0.25) is 10.1 Å². The van der Waals surface area contributed by atoms with Gasteiger partial charge < -0.3 is 5.11 Å². The summed E-state index contributed by atoms with van der Waals surface area (Å²) in [6, 6.07) is 4.30. The lowest BCUT2D eigenvalue weighted by atomic mass is 10.1. The van der Waals surface area contributed by atoms with Crippen molar-refractivity contribution in [2.24, 2.45) is 0 Å². The van der Waals surface area contributed by atoms with E-state index in [-0.39, 0.29) is 11.4 Å². The number of nitrogens with zero attached hydrogens (tertiary/aromatic N) is 4. The number of rotatable bonds is 4. The molecule has 104 valence electrons. The van der Waals surface area contributed by atoms with Crippen LogP contribution in [0, 0.1) is 17.0 Å². The van der Waals surface area contributed by atoms with Crippen molar-refractivity contribution in [3.63, 3.8) is 0 Å². The van der Waals surface area contributed by atoms with Crippen LogP contribution in [0.1, 0.15) is 28.7 Å². The Balaban J connectivity index is 2.57. The highest BCUT2D eigenvalue weighted by atomic mass is 16.6. The molecular formula is C12H12N4O4. The Labute approximate surface area is 113 Å². The van der Waals surface area contributed by atoms with Gasteiger partial charge >= 0.3 is 5.97 Å². The number of nitro benzene ring substituents is 1. The summed E-state index contributed by atoms with van der Waals surface area (Å²) in [5.41, 5.74) is 1.52. The zero-order valence-electron chi connectivity index (χ0n) is 10.9. The van der Waals surface area contributed by atoms with Crippen molar-refractivity contribution in [2.45, 2.75) is 20.3 Å². The van der Waals surface area contributed by atoms with Gasteiger partial charge in [-0.2, -0.15) is 0 Å². The number of nitro groups is 1. The van der Waals surface area contributed by atoms with Crippen molar-refractivity contribution in [3.05, 3.63) is 45.3 Å². The molecule has 0 amide bonds. The Kier molecular flexibility index (Phi) is 3.47. The highest BCUT2D eigenvalue weighted by molar-refractivity contribution is 5.86. The fourth-order valence-corrected chi connectivity index (χ4v) is 1.97. The number of hydrogen-bond acceptors (Lipinski definition) is 5. The summed E-state index contributed by atoms with van der Waals surface area (Å²) in [7, 11) is 0. The van der Waals surface area contributed by atoms with E-state index in [2.05, 4.69) is 10.3 Å². The Morgan fingerprint density at radius 2 is 2.20 bits per heavy atom. The topological polar surface area (TPSA) is 111 Å². The number of aryl methyl sites for hydroxylation is 1. The smallest absolute Gasteiger partial charge is 0.358 e. The molecule has 0 atom stereocenters. The number of hydrogen-bond donors (Lipinski definition) is 1. The zero-order chi connectivity index (χ0) is 14.9. The van der Waals surface area contributed by atoms with Crippen molar-refractivity contribution in [3.8, 4) is 5.69 Å². The van der Waals surface area contributed by atoms with Crippen molar-refractivity contribution in [2.75, 3.05) is 0 Å². The van der Waals surface area contributed by atoms with Crippen LogP contribution in [0.4, 0.5) is 5.69 Å². The maximum Gasteiger partial charge on any atom is 0.358 e. The molecule has 0 saturated heterocycles. The lowest BCUT2D eigenvalue weighted by Gasteiger charge is -2.08. The van der Waals surface area contributed by atoms with Crippen molar-refractivity contribution in [1.82, 2.24) is 15.0 Å². The van der Waals surface area contributed by atoms with Gasteiger partial charge in [0.2, 0.25) is 0 Å². The maximum atomic E-state index is 11.0. The summed E-state index contributed by atoms with van der Waals surface area (Å²) < 4.78 is 1.41. The molecule has 8 heteroatoms. The van der Waals surface area contributed by atoms with E-state index in [1.165, 1.54) is 22.9 Å². The highest BCUT2D eigenvalue weighted by Gasteiger charge is 2.20. The van der Waals surface area contributed by atoms with Gasteiger partial charge in [0.05, 0.1) is 16.3 Å². The van der Waals surface area contributed by atoms with Crippen LogP contribution in [0.2, 0.25) is 0 Å². The van der Waals surface area contributed by atoms with Gasteiger partial charge in [0.1, 0.15) is 0 Å². The predicted molar refractivity (Wildman–Crippen MR) is 69.1 cm³/mol. The summed E-state index contributed by atoms with van der Waals surface area (Å²) in [5.74, 6) is -1.15. The molecule has 1 aromatic carbocycles. The number of carboxylic acids is 1. The fourth-order valence-electron chi connectivity index (χ4n) is 1.97. The van der Waals surface area contributed by atoms with Crippen LogP contribution in [-0.4, -0.2) is 31.0 Å². The Hall–Kier alpha value is -2.77. The zero-order valence-corrected chi connectivity index (χ0v) is 10.9. The van der Waals surface area contributed by atoms with Gasteiger partial charge in [-0.1, -0.05) is 12.1 Å². The summed E-state index contributed by atoms with van der Waals surface area (Å²) >= 11 is 0. The SMILES string of the molecule is CCc1c(C(=O)O)nnn1-c1ccc([N+](=O)[O-])cc1C.